The van der Waals surface area contributed by atoms with Gasteiger partial charge < -0.3 is 5.32 Å². The SMILES string of the molecule is C1=Cc2cnccc2NC(c2ccccc2)C1. The van der Waals surface area contributed by atoms with Crippen molar-refractivity contribution < 1.29 is 0 Å². The van der Waals surface area contributed by atoms with Gasteiger partial charge in [0.1, 0.15) is 0 Å². The zero-order chi connectivity index (χ0) is 11.5. The van der Waals surface area contributed by atoms with Gasteiger partial charge in [-0.2, -0.15) is 0 Å². The minimum Gasteiger partial charge on any atom is -0.377 e. The highest BCUT2D eigenvalue weighted by atomic mass is 14.9. The van der Waals surface area contributed by atoms with Crippen LogP contribution in [0.3, 0.4) is 0 Å². The Bertz CT molecular complexity index is 532. The molecule has 1 N–H and O–H groups in total. The van der Waals surface area contributed by atoms with Crippen LogP contribution in [0.4, 0.5) is 5.69 Å². The predicted octanol–water partition coefficient (Wildman–Crippen LogP) is 3.65. The van der Waals surface area contributed by atoms with Crippen LogP contribution in [0.15, 0.2) is 54.9 Å². The number of nitrogens with one attached hydrogen (secondary N) is 1. The van der Waals surface area contributed by atoms with Crippen LogP contribution >= 0.6 is 0 Å². The van der Waals surface area contributed by atoms with Gasteiger partial charge in [-0.25, -0.2) is 0 Å². The Balaban J connectivity index is 1.95. The van der Waals surface area contributed by atoms with Crippen molar-refractivity contribution in [2.75, 3.05) is 5.32 Å². The molecular weight excluding hydrogens is 208 g/mol. The van der Waals surface area contributed by atoms with E-state index >= 15 is 0 Å². The average molecular weight is 222 g/mol. The van der Waals surface area contributed by atoms with Crippen molar-refractivity contribution in [1.29, 1.82) is 0 Å². The first-order valence-corrected chi connectivity index (χ1v) is 5.85. The third kappa shape index (κ3) is 2.07. The standard InChI is InChI=1S/C15H14N2/c1-2-5-12(6-3-1)14-8-4-7-13-11-16-10-9-15(13)17-14/h1-7,9-11,14,17H,8H2. The molecule has 0 spiro atoms. The number of pyridine rings is 1. The second-order valence-electron chi connectivity index (χ2n) is 4.21. The number of aromatic nitrogens is 1. The largest absolute Gasteiger partial charge is 0.377 e. The molecule has 1 aromatic heterocycles. The molecule has 2 heteroatoms. The van der Waals surface area contributed by atoms with Gasteiger partial charge in [-0.1, -0.05) is 42.5 Å². The summed E-state index contributed by atoms with van der Waals surface area (Å²) in [5.41, 5.74) is 3.63. The zero-order valence-electron chi connectivity index (χ0n) is 9.51. The Kier molecular flexibility index (Phi) is 2.62. The van der Waals surface area contributed by atoms with Crippen LogP contribution in [0.1, 0.15) is 23.6 Å². The highest BCUT2D eigenvalue weighted by molar-refractivity contribution is 5.67. The highest BCUT2D eigenvalue weighted by Gasteiger charge is 2.13. The van der Waals surface area contributed by atoms with Crippen LogP contribution in [-0.2, 0) is 0 Å². The molecule has 84 valence electrons. The Morgan fingerprint density at radius 2 is 2.00 bits per heavy atom. The predicted molar refractivity (Wildman–Crippen MR) is 70.7 cm³/mol. The molecule has 2 heterocycles. The first-order valence-electron chi connectivity index (χ1n) is 5.85. The molecule has 1 aromatic carbocycles. The van der Waals surface area contributed by atoms with Gasteiger partial charge in [0, 0.05) is 23.6 Å². The summed E-state index contributed by atoms with van der Waals surface area (Å²) in [6, 6.07) is 12.9. The lowest BCUT2D eigenvalue weighted by Gasteiger charge is -2.18. The van der Waals surface area contributed by atoms with Crippen molar-refractivity contribution in [2.24, 2.45) is 0 Å². The minimum atomic E-state index is 0.344. The fraction of sp³-hybridized carbons (Fsp3) is 0.133. The summed E-state index contributed by atoms with van der Waals surface area (Å²) < 4.78 is 0. The van der Waals surface area contributed by atoms with Gasteiger partial charge in [0.15, 0.2) is 0 Å². The van der Waals surface area contributed by atoms with Crippen molar-refractivity contribution in [3.8, 4) is 0 Å². The van der Waals surface area contributed by atoms with Crippen LogP contribution in [0.2, 0.25) is 0 Å². The summed E-state index contributed by atoms with van der Waals surface area (Å²) in [6.45, 7) is 0. The molecule has 0 fully saturated rings. The molecule has 17 heavy (non-hydrogen) atoms. The molecule has 1 atom stereocenters. The summed E-state index contributed by atoms with van der Waals surface area (Å²) in [7, 11) is 0. The lowest BCUT2D eigenvalue weighted by atomic mass is 10.0. The summed E-state index contributed by atoms with van der Waals surface area (Å²) in [5.74, 6) is 0. The summed E-state index contributed by atoms with van der Waals surface area (Å²) in [4.78, 5) is 4.15. The van der Waals surface area contributed by atoms with E-state index in [9.17, 15) is 0 Å². The van der Waals surface area contributed by atoms with Crippen molar-refractivity contribution in [3.63, 3.8) is 0 Å². The van der Waals surface area contributed by atoms with E-state index in [0.29, 0.717) is 6.04 Å². The van der Waals surface area contributed by atoms with E-state index in [1.165, 1.54) is 5.56 Å². The van der Waals surface area contributed by atoms with E-state index in [4.69, 9.17) is 0 Å². The van der Waals surface area contributed by atoms with Crippen LogP contribution < -0.4 is 5.32 Å². The van der Waals surface area contributed by atoms with Crippen molar-refractivity contribution in [3.05, 3.63) is 66.0 Å². The van der Waals surface area contributed by atoms with Crippen LogP contribution in [-0.4, -0.2) is 4.98 Å². The lowest BCUT2D eigenvalue weighted by Crippen LogP contribution is -2.09. The second-order valence-corrected chi connectivity index (χ2v) is 4.21. The molecule has 1 unspecified atom stereocenters. The van der Waals surface area contributed by atoms with Gasteiger partial charge in [0.05, 0.1) is 6.04 Å². The summed E-state index contributed by atoms with van der Waals surface area (Å²) in [5, 5.41) is 3.57. The van der Waals surface area contributed by atoms with Gasteiger partial charge >= 0.3 is 0 Å². The van der Waals surface area contributed by atoms with Gasteiger partial charge in [-0.15, -0.1) is 0 Å². The number of rotatable bonds is 1. The maximum atomic E-state index is 4.15. The minimum absolute atomic E-state index is 0.344. The van der Waals surface area contributed by atoms with E-state index in [1.807, 2.05) is 24.5 Å². The molecule has 0 bridgehead atoms. The lowest BCUT2D eigenvalue weighted by molar-refractivity contribution is 0.803. The molecule has 1 aliphatic heterocycles. The number of nitrogens with zero attached hydrogens (tertiary/aromatic N) is 1. The molecule has 1 aliphatic rings. The smallest absolute Gasteiger partial charge is 0.0548 e. The molecule has 3 rings (SSSR count). The second kappa shape index (κ2) is 4.42. The third-order valence-electron chi connectivity index (χ3n) is 3.05. The molecule has 2 aromatic rings. The Labute approximate surface area is 101 Å². The number of hydrogen-bond donors (Lipinski definition) is 1. The van der Waals surface area contributed by atoms with Gasteiger partial charge in [0.25, 0.3) is 0 Å². The van der Waals surface area contributed by atoms with E-state index in [-0.39, 0.29) is 0 Å². The first-order chi connectivity index (χ1) is 8.43. The molecule has 0 saturated heterocycles. The monoisotopic (exact) mass is 222 g/mol. The van der Waals surface area contributed by atoms with E-state index in [2.05, 4.69) is 46.7 Å². The van der Waals surface area contributed by atoms with E-state index < -0.39 is 0 Å². The quantitative estimate of drug-likeness (QED) is 0.796. The van der Waals surface area contributed by atoms with Crippen molar-refractivity contribution >= 4 is 11.8 Å². The number of fused-ring (bicyclic) bond motifs is 1. The van der Waals surface area contributed by atoms with Crippen molar-refractivity contribution in [1.82, 2.24) is 4.98 Å². The fourth-order valence-corrected chi connectivity index (χ4v) is 2.15. The van der Waals surface area contributed by atoms with E-state index in [1.54, 1.807) is 0 Å². The number of hydrogen-bond acceptors (Lipinski definition) is 2. The van der Waals surface area contributed by atoms with Gasteiger partial charge in [0.2, 0.25) is 0 Å². The van der Waals surface area contributed by atoms with Crippen LogP contribution in [0.25, 0.3) is 6.08 Å². The summed E-state index contributed by atoms with van der Waals surface area (Å²) in [6.07, 6.45) is 9.06. The zero-order valence-corrected chi connectivity index (χ0v) is 9.51. The van der Waals surface area contributed by atoms with E-state index in [0.717, 1.165) is 17.7 Å². The molecule has 2 nitrogen and oxygen atoms in total. The topological polar surface area (TPSA) is 24.9 Å². The maximum Gasteiger partial charge on any atom is 0.0548 e. The molecule has 0 radical (unpaired) electrons. The Morgan fingerprint density at radius 3 is 2.88 bits per heavy atom. The normalized spacial score (nSPS) is 18.0. The number of benzene rings is 1. The first kappa shape index (κ1) is 10.1. The highest BCUT2D eigenvalue weighted by Crippen LogP contribution is 2.28. The molecule has 0 aliphatic carbocycles. The number of anilines is 1. The van der Waals surface area contributed by atoms with Crippen LogP contribution in [0.5, 0.6) is 0 Å². The summed E-state index contributed by atoms with van der Waals surface area (Å²) >= 11 is 0. The maximum absolute atomic E-state index is 4.15. The Morgan fingerprint density at radius 1 is 1.12 bits per heavy atom. The fourth-order valence-electron chi connectivity index (χ4n) is 2.15. The van der Waals surface area contributed by atoms with Crippen molar-refractivity contribution in [2.45, 2.75) is 12.5 Å². The third-order valence-corrected chi connectivity index (χ3v) is 3.05. The van der Waals surface area contributed by atoms with Crippen LogP contribution in [0, 0.1) is 0 Å². The Hall–Kier alpha value is -2.09. The molecular formula is C15H14N2. The van der Waals surface area contributed by atoms with Gasteiger partial charge in [-0.3, -0.25) is 4.98 Å². The molecule has 0 saturated carbocycles. The average Bonchev–Trinajstić information content (AvgIpc) is 2.62. The van der Waals surface area contributed by atoms with Gasteiger partial charge in [-0.05, 0) is 18.1 Å². The molecule has 0 amide bonds.